The number of aryl methyl sites for hydroxylation is 3. The SMILES string of the molecule is Cc1cc(C)c([B]c2cocc2N)c(C)c1. The fraction of sp³-hybridized carbons (Fsp3) is 0.231. The molecule has 2 nitrogen and oxygen atoms in total. The predicted octanol–water partition coefficient (Wildman–Crippen LogP) is 1.44. The van der Waals surface area contributed by atoms with Gasteiger partial charge in [0.05, 0.1) is 12.0 Å². The Labute approximate surface area is 96.7 Å². The van der Waals surface area contributed by atoms with E-state index in [9.17, 15) is 0 Å². The topological polar surface area (TPSA) is 39.2 Å². The van der Waals surface area contributed by atoms with Crippen LogP contribution in [0.2, 0.25) is 0 Å². The number of hydrogen-bond acceptors (Lipinski definition) is 2. The first-order valence-corrected chi connectivity index (χ1v) is 5.32. The van der Waals surface area contributed by atoms with Crippen molar-refractivity contribution in [1.29, 1.82) is 0 Å². The summed E-state index contributed by atoms with van der Waals surface area (Å²) in [7, 11) is 2.07. The molecule has 2 aromatic rings. The van der Waals surface area contributed by atoms with Crippen LogP contribution in [0, 0.1) is 20.8 Å². The Bertz CT molecular complexity index is 493. The van der Waals surface area contributed by atoms with Crippen molar-refractivity contribution in [2.75, 3.05) is 5.73 Å². The molecular weight excluding hydrogens is 197 g/mol. The van der Waals surface area contributed by atoms with Gasteiger partial charge in [-0.2, -0.15) is 0 Å². The average Bonchev–Trinajstić information content (AvgIpc) is 2.57. The number of hydrogen-bond donors (Lipinski definition) is 1. The number of nitrogens with two attached hydrogens (primary N) is 1. The van der Waals surface area contributed by atoms with Crippen molar-refractivity contribution in [2.45, 2.75) is 20.8 Å². The molecule has 0 aliphatic rings. The fourth-order valence-electron chi connectivity index (χ4n) is 2.01. The number of benzene rings is 1. The van der Waals surface area contributed by atoms with Crippen LogP contribution in [0.5, 0.6) is 0 Å². The van der Waals surface area contributed by atoms with Gasteiger partial charge in [0.1, 0.15) is 6.26 Å². The lowest BCUT2D eigenvalue weighted by atomic mass is 9.61. The van der Waals surface area contributed by atoms with Crippen LogP contribution < -0.4 is 16.7 Å². The van der Waals surface area contributed by atoms with Gasteiger partial charge in [-0.1, -0.05) is 34.3 Å². The summed E-state index contributed by atoms with van der Waals surface area (Å²) < 4.78 is 5.06. The molecule has 1 radical (unpaired) electrons. The Balaban J connectivity index is 2.39. The summed E-state index contributed by atoms with van der Waals surface area (Å²) in [5.74, 6) is 0. The van der Waals surface area contributed by atoms with Crippen molar-refractivity contribution in [3.63, 3.8) is 0 Å². The number of nitrogen functional groups attached to an aromatic ring is 1. The third-order valence-corrected chi connectivity index (χ3v) is 2.76. The molecule has 0 unspecified atom stereocenters. The molecule has 0 aliphatic carbocycles. The minimum absolute atomic E-state index is 0.680. The maximum absolute atomic E-state index is 5.79. The molecule has 0 saturated heterocycles. The highest BCUT2D eigenvalue weighted by molar-refractivity contribution is 6.69. The van der Waals surface area contributed by atoms with Gasteiger partial charge in [0.15, 0.2) is 7.28 Å². The minimum Gasteiger partial charge on any atom is -0.471 e. The van der Waals surface area contributed by atoms with E-state index in [0.29, 0.717) is 5.69 Å². The quantitative estimate of drug-likeness (QED) is 0.765. The highest BCUT2D eigenvalue weighted by atomic mass is 16.3. The minimum atomic E-state index is 0.680. The van der Waals surface area contributed by atoms with Gasteiger partial charge in [0.2, 0.25) is 0 Å². The Morgan fingerprint density at radius 1 is 1.06 bits per heavy atom. The summed E-state index contributed by atoms with van der Waals surface area (Å²) >= 11 is 0. The van der Waals surface area contributed by atoms with E-state index in [1.54, 1.807) is 12.5 Å². The van der Waals surface area contributed by atoms with Gasteiger partial charge in [-0.3, -0.25) is 0 Å². The number of anilines is 1. The smallest absolute Gasteiger partial charge is 0.199 e. The molecule has 1 aromatic heterocycles. The van der Waals surface area contributed by atoms with Gasteiger partial charge in [0, 0.05) is 0 Å². The Hall–Kier alpha value is -1.64. The monoisotopic (exact) mass is 212 g/mol. The summed E-state index contributed by atoms with van der Waals surface area (Å²) in [5, 5.41) is 0. The van der Waals surface area contributed by atoms with Crippen LogP contribution in [-0.4, -0.2) is 7.28 Å². The Morgan fingerprint density at radius 3 is 2.19 bits per heavy atom. The van der Waals surface area contributed by atoms with Crippen LogP contribution in [0.3, 0.4) is 0 Å². The highest BCUT2D eigenvalue weighted by Crippen LogP contribution is 2.06. The van der Waals surface area contributed by atoms with Crippen LogP contribution in [0.1, 0.15) is 16.7 Å². The van der Waals surface area contributed by atoms with Crippen LogP contribution in [0.25, 0.3) is 0 Å². The zero-order valence-corrected chi connectivity index (χ0v) is 9.87. The van der Waals surface area contributed by atoms with E-state index in [1.807, 2.05) is 0 Å². The van der Waals surface area contributed by atoms with Crippen LogP contribution >= 0.6 is 0 Å². The summed E-state index contributed by atoms with van der Waals surface area (Å²) in [5.41, 5.74) is 12.4. The first-order chi connectivity index (χ1) is 7.58. The molecule has 1 heterocycles. The van der Waals surface area contributed by atoms with Crippen molar-refractivity contribution in [3.8, 4) is 0 Å². The second-order valence-corrected chi connectivity index (χ2v) is 4.24. The third-order valence-electron chi connectivity index (χ3n) is 2.76. The lowest BCUT2D eigenvalue weighted by Gasteiger charge is -2.09. The van der Waals surface area contributed by atoms with Crippen LogP contribution in [0.15, 0.2) is 29.1 Å². The Kier molecular flexibility index (Phi) is 2.78. The molecule has 0 aliphatic heterocycles. The van der Waals surface area contributed by atoms with Crippen molar-refractivity contribution in [3.05, 3.63) is 41.3 Å². The van der Waals surface area contributed by atoms with E-state index >= 15 is 0 Å². The van der Waals surface area contributed by atoms with Gasteiger partial charge in [-0.15, -0.1) is 0 Å². The molecule has 0 saturated carbocycles. The first kappa shape index (κ1) is 10.9. The largest absolute Gasteiger partial charge is 0.471 e. The van der Waals surface area contributed by atoms with Gasteiger partial charge in [0.25, 0.3) is 0 Å². The first-order valence-electron chi connectivity index (χ1n) is 5.32. The van der Waals surface area contributed by atoms with Gasteiger partial charge < -0.3 is 10.2 Å². The van der Waals surface area contributed by atoms with Crippen molar-refractivity contribution in [2.24, 2.45) is 0 Å². The van der Waals surface area contributed by atoms with E-state index in [-0.39, 0.29) is 0 Å². The van der Waals surface area contributed by atoms with E-state index in [1.165, 1.54) is 22.2 Å². The lowest BCUT2D eigenvalue weighted by Crippen LogP contribution is -2.31. The summed E-state index contributed by atoms with van der Waals surface area (Å²) in [6.45, 7) is 6.33. The summed E-state index contributed by atoms with van der Waals surface area (Å²) in [6.07, 6.45) is 3.23. The highest BCUT2D eigenvalue weighted by Gasteiger charge is 2.10. The van der Waals surface area contributed by atoms with Crippen molar-refractivity contribution in [1.82, 2.24) is 0 Å². The normalized spacial score (nSPS) is 10.4. The predicted molar refractivity (Wildman–Crippen MR) is 68.8 cm³/mol. The third kappa shape index (κ3) is 1.99. The molecule has 2 rings (SSSR count). The number of furan rings is 1. The van der Waals surface area contributed by atoms with Crippen molar-refractivity contribution >= 4 is 23.9 Å². The van der Waals surface area contributed by atoms with Gasteiger partial charge in [-0.05, 0) is 26.2 Å². The molecule has 81 valence electrons. The molecule has 0 spiro atoms. The maximum atomic E-state index is 5.79. The summed E-state index contributed by atoms with van der Waals surface area (Å²) in [6, 6.07) is 4.35. The fourth-order valence-corrected chi connectivity index (χ4v) is 2.01. The van der Waals surface area contributed by atoms with Crippen LogP contribution in [-0.2, 0) is 0 Å². The Morgan fingerprint density at radius 2 is 1.69 bits per heavy atom. The molecular formula is C13H15BNO. The van der Waals surface area contributed by atoms with Crippen molar-refractivity contribution < 1.29 is 4.42 Å². The molecule has 0 fully saturated rings. The summed E-state index contributed by atoms with van der Waals surface area (Å²) in [4.78, 5) is 0. The van der Waals surface area contributed by atoms with Crippen LogP contribution in [0.4, 0.5) is 5.69 Å². The molecule has 0 amide bonds. The van der Waals surface area contributed by atoms with E-state index < -0.39 is 0 Å². The maximum Gasteiger partial charge on any atom is 0.199 e. The molecule has 0 atom stereocenters. The lowest BCUT2D eigenvalue weighted by molar-refractivity contribution is 0.570. The number of rotatable bonds is 2. The van der Waals surface area contributed by atoms with E-state index in [2.05, 4.69) is 40.2 Å². The molecule has 0 bridgehead atoms. The molecule has 16 heavy (non-hydrogen) atoms. The van der Waals surface area contributed by atoms with Gasteiger partial charge in [-0.25, -0.2) is 0 Å². The molecule has 3 heteroatoms. The van der Waals surface area contributed by atoms with Gasteiger partial charge >= 0.3 is 0 Å². The molecule has 1 aromatic carbocycles. The second-order valence-electron chi connectivity index (χ2n) is 4.24. The average molecular weight is 212 g/mol. The van der Waals surface area contributed by atoms with E-state index in [0.717, 1.165) is 5.46 Å². The van der Waals surface area contributed by atoms with E-state index in [4.69, 9.17) is 10.2 Å². The standard InChI is InChI=1S/C13H15BNO/c1-8-4-9(2)13(10(3)5-8)14-11-6-16-7-12(11)15/h4-7H,15H2,1-3H3. The zero-order valence-electron chi connectivity index (χ0n) is 9.87. The second kappa shape index (κ2) is 4.09. The molecule has 2 N–H and O–H groups in total. The zero-order chi connectivity index (χ0) is 11.7.